The highest BCUT2D eigenvalue weighted by Crippen LogP contribution is 2.20. The number of hydrogen-bond acceptors (Lipinski definition) is 4. The highest BCUT2D eigenvalue weighted by molar-refractivity contribution is 5.96. The summed E-state index contributed by atoms with van der Waals surface area (Å²) in [6.45, 7) is 0.359. The number of carbonyl (C=O) groups is 1. The molecule has 4 rings (SSSR count). The van der Waals surface area contributed by atoms with Crippen molar-refractivity contribution in [2.75, 3.05) is 0 Å². The number of nitrogens with zero attached hydrogens (tertiary/aromatic N) is 1. The Morgan fingerprint density at radius 3 is 2.83 bits per heavy atom. The van der Waals surface area contributed by atoms with Crippen LogP contribution in [-0.4, -0.2) is 10.9 Å². The van der Waals surface area contributed by atoms with Crippen molar-refractivity contribution in [2.24, 2.45) is 0 Å². The lowest BCUT2D eigenvalue weighted by molar-refractivity contribution is 0.0925. The summed E-state index contributed by atoms with van der Waals surface area (Å²) < 4.78 is 10.9. The van der Waals surface area contributed by atoms with E-state index in [0.717, 1.165) is 22.3 Å². The Bertz CT molecular complexity index is 954. The van der Waals surface area contributed by atoms with Crippen LogP contribution >= 0.6 is 0 Å². The second-order valence-corrected chi connectivity index (χ2v) is 5.39. The van der Waals surface area contributed by atoms with Gasteiger partial charge in [-0.1, -0.05) is 18.2 Å². The van der Waals surface area contributed by atoms with Crippen LogP contribution < -0.4 is 5.32 Å². The number of fused-ring (bicyclic) bond motifs is 1. The first-order chi connectivity index (χ1) is 11.8. The molecule has 4 aromatic rings. The third kappa shape index (κ3) is 2.79. The second-order valence-electron chi connectivity index (χ2n) is 5.39. The van der Waals surface area contributed by atoms with Crippen molar-refractivity contribution in [3.8, 4) is 11.3 Å². The van der Waals surface area contributed by atoms with E-state index in [2.05, 4.69) is 10.3 Å². The van der Waals surface area contributed by atoms with Gasteiger partial charge in [-0.05, 0) is 35.9 Å². The monoisotopic (exact) mass is 318 g/mol. The van der Waals surface area contributed by atoms with Gasteiger partial charge in [0, 0.05) is 29.9 Å². The minimum Gasteiger partial charge on any atom is -0.464 e. The Morgan fingerprint density at radius 2 is 2.00 bits per heavy atom. The van der Waals surface area contributed by atoms with E-state index in [4.69, 9.17) is 8.83 Å². The zero-order valence-corrected chi connectivity index (χ0v) is 12.7. The number of nitrogens with one attached hydrogen (secondary N) is 1. The lowest BCUT2D eigenvalue weighted by atomic mass is 10.1. The fraction of sp³-hybridized carbons (Fsp3) is 0.0526. The van der Waals surface area contributed by atoms with Crippen LogP contribution in [0.15, 0.2) is 76.0 Å². The molecule has 0 aliphatic rings. The first kappa shape index (κ1) is 14.3. The normalized spacial score (nSPS) is 10.8. The quantitative estimate of drug-likeness (QED) is 0.617. The average Bonchev–Trinajstić information content (AvgIpc) is 3.29. The molecule has 5 heteroatoms. The molecule has 0 saturated heterocycles. The molecule has 118 valence electrons. The van der Waals surface area contributed by atoms with E-state index in [9.17, 15) is 4.79 Å². The summed E-state index contributed by atoms with van der Waals surface area (Å²) in [5.41, 5.74) is 2.45. The number of aromatic nitrogens is 1. The third-order valence-corrected chi connectivity index (χ3v) is 3.70. The van der Waals surface area contributed by atoms with E-state index < -0.39 is 0 Å². The van der Waals surface area contributed by atoms with Gasteiger partial charge in [-0.2, -0.15) is 0 Å². The van der Waals surface area contributed by atoms with Gasteiger partial charge in [-0.15, -0.1) is 0 Å². The number of amides is 1. The number of furan rings is 2. The molecular weight excluding hydrogens is 304 g/mol. The zero-order valence-electron chi connectivity index (χ0n) is 12.7. The summed E-state index contributed by atoms with van der Waals surface area (Å²) in [6, 6.07) is 14.9. The van der Waals surface area contributed by atoms with Crippen molar-refractivity contribution < 1.29 is 13.6 Å². The van der Waals surface area contributed by atoms with Crippen LogP contribution in [0.1, 0.15) is 16.1 Å². The lowest BCUT2D eigenvalue weighted by Gasteiger charge is -2.04. The van der Waals surface area contributed by atoms with E-state index in [1.54, 1.807) is 24.7 Å². The van der Waals surface area contributed by atoms with Gasteiger partial charge in [0.25, 0.3) is 5.91 Å². The molecule has 0 unspecified atom stereocenters. The van der Waals surface area contributed by atoms with Crippen LogP contribution in [0, 0.1) is 0 Å². The zero-order chi connectivity index (χ0) is 16.4. The van der Waals surface area contributed by atoms with Gasteiger partial charge < -0.3 is 14.2 Å². The minimum absolute atomic E-state index is 0.255. The van der Waals surface area contributed by atoms with Gasteiger partial charge in [0.15, 0.2) is 5.76 Å². The summed E-state index contributed by atoms with van der Waals surface area (Å²) >= 11 is 0. The van der Waals surface area contributed by atoms with Gasteiger partial charge in [0.2, 0.25) is 0 Å². The maximum absolute atomic E-state index is 12.3. The Kier molecular flexibility index (Phi) is 3.59. The molecule has 0 fully saturated rings. The number of rotatable bonds is 4. The topological polar surface area (TPSA) is 68.3 Å². The average molecular weight is 318 g/mol. The molecule has 0 aliphatic heterocycles. The summed E-state index contributed by atoms with van der Waals surface area (Å²) in [5, 5.41) is 3.75. The Balaban J connectivity index is 1.48. The number of carbonyl (C=O) groups excluding carboxylic acids is 1. The molecule has 0 saturated carbocycles. The smallest absolute Gasteiger partial charge is 0.287 e. The first-order valence-electron chi connectivity index (χ1n) is 7.54. The van der Waals surface area contributed by atoms with Crippen molar-refractivity contribution in [1.29, 1.82) is 0 Å². The molecule has 0 atom stereocenters. The number of para-hydroxylation sites is 1. The summed E-state index contributed by atoms with van der Waals surface area (Å²) in [5.74, 6) is 0.786. The highest BCUT2D eigenvalue weighted by atomic mass is 16.3. The highest BCUT2D eigenvalue weighted by Gasteiger charge is 2.12. The first-order valence-corrected chi connectivity index (χ1v) is 7.54. The van der Waals surface area contributed by atoms with E-state index in [0.29, 0.717) is 17.9 Å². The van der Waals surface area contributed by atoms with Gasteiger partial charge in [-0.25, -0.2) is 0 Å². The van der Waals surface area contributed by atoms with E-state index in [-0.39, 0.29) is 5.91 Å². The molecule has 24 heavy (non-hydrogen) atoms. The molecule has 0 radical (unpaired) electrons. The fourth-order valence-corrected chi connectivity index (χ4v) is 2.53. The van der Waals surface area contributed by atoms with Crippen LogP contribution in [0.25, 0.3) is 22.3 Å². The SMILES string of the molecule is O=C(NCc1cncc(-c2ccco2)c1)c1cc2ccccc2o1. The summed E-state index contributed by atoms with van der Waals surface area (Å²) in [4.78, 5) is 16.4. The molecule has 1 aromatic carbocycles. The molecule has 0 spiro atoms. The molecule has 1 amide bonds. The second kappa shape index (κ2) is 6.04. The van der Waals surface area contributed by atoms with Crippen LogP contribution in [0.2, 0.25) is 0 Å². The largest absolute Gasteiger partial charge is 0.464 e. The van der Waals surface area contributed by atoms with Gasteiger partial charge in [-0.3, -0.25) is 9.78 Å². The maximum Gasteiger partial charge on any atom is 0.287 e. The molecule has 3 heterocycles. The van der Waals surface area contributed by atoms with Crippen molar-refractivity contribution in [3.05, 3.63) is 78.5 Å². The van der Waals surface area contributed by atoms with E-state index in [1.165, 1.54) is 0 Å². The number of pyridine rings is 1. The summed E-state index contributed by atoms with van der Waals surface area (Å²) in [6.07, 6.45) is 5.06. The van der Waals surface area contributed by atoms with Crippen LogP contribution in [0.3, 0.4) is 0 Å². The molecule has 3 aromatic heterocycles. The van der Waals surface area contributed by atoms with Crippen LogP contribution in [0.4, 0.5) is 0 Å². The van der Waals surface area contributed by atoms with Crippen LogP contribution in [-0.2, 0) is 6.54 Å². The predicted octanol–water partition coefficient (Wildman–Crippen LogP) is 4.02. The lowest BCUT2D eigenvalue weighted by Crippen LogP contribution is -2.22. The van der Waals surface area contributed by atoms with Crippen molar-refractivity contribution in [2.45, 2.75) is 6.54 Å². The number of benzene rings is 1. The van der Waals surface area contributed by atoms with Gasteiger partial charge >= 0.3 is 0 Å². The van der Waals surface area contributed by atoms with E-state index in [1.807, 2.05) is 42.5 Å². The minimum atomic E-state index is -0.255. The predicted molar refractivity (Wildman–Crippen MR) is 89.3 cm³/mol. The van der Waals surface area contributed by atoms with Crippen LogP contribution in [0.5, 0.6) is 0 Å². The van der Waals surface area contributed by atoms with Gasteiger partial charge in [0.1, 0.15) is 11.3 Å². The fourth-order valence-electron chi connectivity index (χ4n) is 2.53. The molecular formula is C19H14N2O3. The number of hydrogen-bond donors (Lipinski definition) is 1. The van der Waals surface area contributed by atoms with Gasteiger partial charge in [0.05, 0.1) is 6.26 Å². The Morgan fingerprint density at radius 1 is 1.08 bits per heavy atom. The molecule has 0 bridgehead atoms. The van der Waals surface area contributed by atoms with Crippen molar-refractivity contribution in [1.82, 2.24) is 10.3 Å². The third-order valence-electron chi connectivity index (χ3n) is 3.70. The molecule has 1 N–H and O–H groups in total. The van der Waals surface area contributed by atoms with E-state index >= 15 is 0 Å². The molecule has 0 aliphatic carbocycles. The maximum atomic E-state index is 12.3. The van der Waals surface area contributed by atoms with Crippen molar-refractivity contribution in [3.63, 3.8) is 0 Å². The summed E-state index contributed by atoms with van der Waals surface area (Å²) in [7, 11) is 0. The standard InChI is InChI=1S/C19H14N2O3/c22-19(18-9-14-4-1-2-5-17(14)24-18)21-11-13-8-15(12-20-10-13)16-6-3-7-23-16/h1-10,12H,11H2,(H,21,22). The Labute approximate surface area is 137 Å². The Hall–Kier alpha value is -3.34. The van der Waals surface area contributed by atoms with Crippen molar-refractivity contribution >= 4 is 16.9 Å². The molecule has 5 nitrogen and oxygen atoms in total.